The van der Waals surface area contributed by atoms with E-state index < -0.39 is 44.2 Å². The lowest BCUT2D eigenvalue weighted by Gasteiger charge is -2.25. The Labute approximate surface area is 167 Å². The Bertz CT molecular complexity index is 1160. The Balaban J connectivity index is 2.06. The number of carbonyl (C=O) groups excluding carboxylic acids is 3. The van der Waals surface area contributed by atoms with Crippen LogP contribution in [0.25, 0.3) is 10.8 Å². The maximum Gasteiger partial charge on any atom is 0.525 e. The predicted molar refractivity (Wildman–Crippen MR) is 92.8 cm³/mol. The fraction of sp³-hybridized carbons (Fsp3) is 0.235. The minimum atomic E-state index is -6.30. The van der Waals surface area contributed by atoms with Crippen molar-refractivity contribution in [3.8, 4) is 5.75 Å². The van der Waals surface area contributed by atoms with E-state index in [1.165, 1.54) is 24.3 Å². The molecule has 0 radical (unpaired) electrons. The standard InChI is InChI=1S/C17H12F3NO8S/c1-2-6-27-16(24)28-10-7-9-4-3-5-11-13(9)12(8-10)15(23)21(14(11)22)29-30(25,26)17(18,19)20/h3-5,7-8H,2,6H2,1H3. The van der Waals surface area contributed by atoms with Gasteiger partial charge in [0, 0.05) is 5.39 Å². The number of benzene rings is 2. The summed E-state index contributed by atoms with van der Waals surface area (Å²) < 4.78 is 74.0. The van der Waals surface area contributed by atoms with Gasteiger partial charge in [0.15, 0.2) is 0 Å². The monoisotopic (exact) mass is 447 g/mol. The summed E-state index contributed by atoms with van der Waals surface area (Å²) in [7, 11) is -6.30. The molecular formula is C17H12F3NO8S. The molecule has 0 N–H and O–H groups in total. The number of amides is 2. The van der Waals surface area contributed by atoms with Gasteiger partial charge in [-0.25, -0.2) is 4.79 Å². The van der Waals surface area contributed by atoms with E-state index >= 15 is 0 Å². The third-order valence-electron chi connectivity index (χ3n) is 3.86. The summed E-state index contributed by atoms with van der Waals surface area (Å²) in [5.74, 6) is -3.09. The molecule has 2 amide bonds. The zero-order valence-corrected chi connectivity index (χ0v) is 15.9. The summed E-state index contributed by atoms with van der Waals surface area (Å²) in [6, 6.07) is 6.23. The summed E-state index contributed by atoms with van der Waals surface area (Å²) in [6.07, 6.45) is -0.575. The first kappa shape index (κ1) is 21.5. The molecule has 0 saturated heterocycles. The lowest BCUT2D eigenvalue weighted by Crippen LogP contribution is -2.44. The van der Waals surface area contributed by atoms with Crippen molar-refractivity contribution < 1.29 is 49.7 Å². The summed E-state index contributed by atoms with van der Waals surface area (Å²) in [6.45, 7) is 1.81. The molecule has 0 fully saturated rings. The van der Waals surface area contributed by atoms with Crippen molar-refractivity contribution in [3.05, 3.63) is 41.5 Å². The van der Waals surface area contributed by atoms with Gasteiger partial charge in [-0.15, -0.1) is 9.35 Å². The van der Waals surface area contributed by atoms with Crippen LogP contribution in [0.1, 0.15) is 34.1 Å². The number of ether oxygens (including phenoxy) is 2. The number of rotatable bonds is 5. The molecule has 30 heavy (non-hydrogen) atoms. The molecule has 2 aromatic carbocycles. The largest absolute Gasteiger partial charge is 0.525 e. The lowest BCUT2D eigenvalue weighted by molar-refractivity contribution is -0.0761. The maximum absolute atomic E-state index is 12.6. The number of alkyl halides is 3. The Kier molecular flexibility index (Phi) is 5.43. The zero-order chi connectivity index (χ0) is 22.3. The number of carbonyl (C=O) groups is 3. The van der Waals surface area contributed by atoms with Gasteiger partial charge in [0.1, 0.15) is 5.75 Å². The van der Waals surface area contributed by atoms with Crippen LogP contribution in [0.15, 0.2) is 30.3 Å². The van der Waals surface area contributed by atoms with Gasteiger partial charge < -0.3 is 9.47 Å². The first-order valence-corrected chi connectivity index (χ1v) is 9.68. The molecule has 13 heteroatoms. The highest BCUT2D eigenvalue weighted by Crippen LogP contribution is 2.35. The number of hydrogen-bond acceptors (Lipinski definition) is 8. The van der Waals surface area contributed by atoms with Crippen LogP contribution in [0.4, 0.5) is 18.0 Å². The van der Waals surface area contributed by atoms with Crippen molar-refractivity contribution in [3.63, 3.8) is 0 Å². The van der Waals surface area contributed by atoms with Gasteiger partial charge in [-0.1, -0.05) is 19.1 Å². The van der Waals surface area contributed by atoms with Crippen molar-refractivity contribution >= 4 is 38.9 Å². The van der Waals surface area contributed by atoms with Gasteiger partial charge in [-0.2, -0.15) is 21.6 Å². The zero-order valence-electron chi connectivity index (χ0n) is 15.1. The number of nitrogens with zero attached hydrogens (tertiary/aromatic N) is 1. The maximum atomic E-state index is 12.6. The van der Waals surface area contributed by atoms with Gasteiger partial charge in [-0.3, -0.25) is 9.59 Å². The Hall–Kier alpha value is -3.19. The SMILES string of the molecule is CCCOC(=O)Oc1cc2c3c(cccc3c1)C(=O)N(OS(=O)(=O)C(F)(F)F)C2=O. The van der Waals surface area contributed by atoms with Crippen molar-refractivity contribution in [2.75, 3.05) is 6.61 Å². The van der Waals surface area contributed by atoms with Crippen LogP contribution in [0.5, 0.6) is 5.75 Å². The number of hydrogen-bond donors (Lipinski definition) is 0. The number of hydroxylamine groups is 2. The van der Waals surface area contributed by atoms with Crippen LogP contribution in [-0.2, 0) is 19.1 Å². The Morgan fingerprint density at radius 3 is 2.40 bits per heavy atom. The summed E-state index contributed by atoms with van der Waals surface area (Å²) in [5.41, 5.74) is -6.55. The molecule has 3 rings (SSSR count). The highest BCUT2D eigenvalue weighted by molar-refractivity contribution is 7.87. The average molecular weight is 447 g/mol. The van der Waals surface area contributed by atoms with Crippen LogP contribution in [0.2, 0.25) is 0 Å². The average Bonchev–Trinajstić information content (AvgIpc) is 2.66. The Morgan fingerprint density at radius 2 is 1.77 bits per heavy atom. The molecule has 1 aliphatic rings. The predicted octanol–water partition coefficient (Wildman–Crippen LogP) is 3.14. The van der Waals surface area contributed by atoms with E-state index in [0.29, 0.717) is 6.42 Å². The van der Waals surface area contributed by atoms with Gasteiger partial charge in [0.2, 0.25) is 0 Å². The van der Waals surface area contributed by atoms with E-state index in [-0.39, 0.29) is 28.7 Å². The lowest BCUT2D eigenvalue weighted by atomic mass is 9.95. The molecule has 1 heterocycles. The molecule has 1 aliphatic heterocycles. The molecular weight excluding hydrogens is 435 g/mol. The molecule has 160 valence electrons. The molecule has 0 spiro atoms. The molecule has 0 saturated carbocycles. The van der Waals surface area contributed by atoms with Crippen LogP contribution >= 0.6 is 0 Å². The molecule has 0 unspecified atom stereocenters. The summed E-state index contributed by atoms with van der Waals surface area (Å²) in [4.78, 5) is 36.7. The van der Waals surface area contributed by atoms with Gasteiger partial charge in [0.05, 0.1) is 17.7 Å². The number of halogens is 3. The molecule has 9 nitrogen and oxygen atoms in total. The summed E-state index contributed by atoms with van der Waals surface area (Å²) in [5, 5.41) is -0.228. The van der Waals surface area contributed by atoms with Crippen LogP contribution in [0.3, 0.4) is 0 Å². The quantitative estimate of drug-likeness (QED) is 0.297. The molecule has 0 aromatic heterocycles. The van der Waals surface area contributed by atoms with Crippen molar-refractivity contribution in [1.29, 1.82) is 0 Å². The third kappa shape index (κ3) is 3.80. The minimum absolute atomic E-state index is 0.0334. The van der Waals surface area contributed by atoms with Gasteiger partial charge in [0.25, 0.3) is 11.8 Å². The number of imide groups is 1. The van der Waals surface area contributed by atoms with E-state index in [9.17, 15) is 36.0 Å². The van der Waals surface area contributed by atoms with E-state index in [4.69, 9.17) is 9.47 Å². The second kappa shape index (κ2) is 7.57. The van der Waals surface area contributed by atoms with Crippen LogP contribution < -0.4 is 4.74 Å². The second-order valence-electron chi connectivity index (χ2n) is 5.95. The highest BCUT2D eigenvalue weighted by atomic mass is 32.2. The van der Waals surface area contributed by atoms with Crippen molar-refractivity contribution in [1.82, 2.24) is 5.06 Å². The van der Waals surface area contributed by atoms with E-state index in [1.54, 1.807) is 6.92 Å². The fourth-order valence-corrected chi connectivity index (χ4v) is 3.05. The molecule has 2 aromatic rings. The van der Waals surface area contributed by atoms with Crippen LogP contribution in [-0.4, -0.2) is 43.6 Å². The van der Waals surface area contributed by atoms with Crippen molar-refractivity contribution in [2.45, 2.75) is 18.9 Å². The Morgan fingerprint density at radius 1 is 1.10 bits per heavy atom. The van der Waals surface area contributed by atoms with Crippen LogP contribution in [0, 0.1) is 0 Å². The van der Waals surface area contributed by atoms with E-state index in [2.05, 4.69) is 4.28 Å². The molecule has 0 atom stereocenters. The minimum Gasteiger partial charge on any atom is -0.434 e. The van der Waals surface area contributed by atoms with Gasteiger partial charge >= 0.3 is 21.8 Å². The normalized spacial score (nSPS) is 14.2. The van der Waals surface area contributed by atoms with E-state index in [0.717, 1.165) is 6.07 Å². The van der Waals surface area contributed by atoms with Crippen molar-refractivity contribution in [2.24, 2.45) is 0 Å². The first-order chi connectivity index (χ1) is 14.0. The molecule has 0 aliphatic carbocycles. The van der Waals surface area contributed by atoms with E-state index in [1.807, 2.05) is 0 Å². The smallest absolute Gasteiger partial charge is 0.434 e. The summed E-state index contributed by atoms with van der Waals surface area (Å²) >= 11 is 0. The third-order valence-corrected chi connectivity index (χ3v) is 4.77. The first-order valence-electron chi connectivity index (χ1n) is 8.27. The second-order valence-corrected chi connectivity index (χ2v) is 7.47. The van der Waals surface area contributed by atoms with Gasteiger partial charge in [-0.05, 0) is 30.0 Å². The highest BCUT2D eigenvalue weighted by Gasteiger charge is 2.51. The molecule has 0 bridgehead atoms. The fourth-order valence-electron chi connectivity index (χ4n) is 2.64. The topological polar surface area (TPSA) is 116 Å².